The molecule has 2 N–H and O–H groups in total. The summed E-state index contributed by atoms with van der Waals surface area (Å²) in [5, 5.41) is 14.1. The van der Waals surface area contributed by atoms with E-state index in [0.29, 0.717) is 25.2 Å². The first-order valence-electron chi connectivity index (χ1n) is 13.8. The van der Waals surface area contributed by atoms with Crippen molar-refractivity contribution in [3.63, 3.8) is 0 Å². The first kappa shape index (κ1) is 30.5. The number of sulfonamides is 1. The molecule has 1 aromatic carbocycles. The van der Waals surface area contributed by atoms with Gasteiger partial charge in [-0.1, -0.05) is 6.92 Å². The number of carbonyl (C=O) groups excluding carboxylic acids is 1. The zero-order valence-electron chi connectivity index (χ0n) is 24.6. The predicted octanol–water partition coefficient (Wildman–Crippen LogP) is 4.54. The van der Waals surface area contributed by atoms with Crippen LogP contribution in [0.4, 0.5) is 14.6 Å². The normalized spacial score (nSPS) is 19.2. The van der Waals surface area contributed by atoms with E-state index in [4.69, 9.17) is 14.5 Å². The molecule has 1 atom stereocenters. The zero-order valence-corrected chi connectivity index (χ0v) is 25.4. The fourth-order valence-electron chi connectivity index (χ4n) is 5.60. The topological polar surface area (TPSA) is 136 Å². The van der Waals surface area contributed by atoms with Gasteiger partial charge in [0.05, 0.1) is 18.1 Å². The molecule has 0 bridgehead atoms. The molecular weight excluding hydrogens is 584 g/mol. The van der Waals surface area contributed by atoms with E-state index in [1.807, 2.05) is 18.7 Å². The summed E-state index contributed by atoms with van der Waals surface area (Å²) in [6, 6.07) is 7.98. The zero-order chi connectivity index (χ0) is 31.4. The Balaban J connectivity index is 1.46. The molecule has 5 rings (SSSR count). The van der Waals surface area contributed by atoms with Gasteiger partial charge in [-0.2, -0.15) is 0 Å². The molecule has 3 heterocycles. The van der Waals surface area contributed by atoms with Crippen LogP contribution in [0.25, 0.3) is 5.82 Å². The molecule has 1 aliphatic heterocycles. The summed E-state index contributed by atoms with van der Waals surface area (Å²) >= 11 is 0. The maximum atomic E-state index is 14.0. The highest BCUT2D eigenvalue weighted by molar-refractivity contribution is 7.90. The van der Waals surface area contributed by atoms with Crippen molar-refractivity contribution in [3.8, 4) is 23.2 Å². The van der Waals surface area contributed by atoms with Crippen LogP contribution in [-0.2, 0) is 10.0 Å². The summed E-state index contributed by atoms with van der Waals surface area (Å²) in [6.45, 7) is 7.42. The Morgan fingerprint density at radius 1 is 1.21 bits per heavy atom. The van der Waals surface area contributed by atoms with Gasteiger partial charge in [0.15, 0.2) is 5.82 Å². The quantitative estimate of drug-likeness (QED) is 0.335. The number of nitrogens with one attached hydrogen (secondary N) is 1. The van der Waals surface area contributed by atoms with Crippen molar-refractivity contribution < 1.29 is 36.6 Å². The highest BCUT2D eigenvalue weighted by Gasteiger charge is 2.59. The van der Waals surface area contributed by atoms with Crippen molar-refractivity contribution in [1.29, 1.82) is 0 Å². The van der Waals surface area contributed by atoms with Gasteiger partial charge in [-0.25, -0.2) is 31.6 Å². The number of pyridine rings is 1. The SMILES string of the molecule is COc1cc(O)ccc1S(=O)(=O)NC(=O)c1ccc(-n2ccc(OCC3(C(C)(F)F)CC3)n2)nc1N1C[C@@H](C)CC1(C)C. The molecule has 2 aliphatic rings. The van der Waals surface area contributed by atoms with Crippen molar-refractivity contribution in [2.45, 2.75) is 63.3 Å². The minimum Gasteiger partial charge on any atom is -0.508 e. The molecule has 11 nitrogen and oxygen atoms in total. The summed E-state index contributed by atoms with van der Waals surface area (Å²) in [6.07, 6.45) is 3.15. The van der Waals surface area contributed by atoms with Gasteiger partial charge >= 0.3 is 0 Å². The van der Waals surface area contributed by atoms with Gasteiger partial charge in [-0.3, -0.25) is 4.79 Å². The van der Waals surface area contributed by atoms with E-state index in [9.17, 15) is 27.1 Å². The number of ether oxygens (including phenoxy) is 2. The van der Waals surface area contributed by atoms with Crippen molar-refractivity contribution in [3.05, 3.63) is 48.2 Å². The summed E-state index contributed by atoms with van der Waals surface area (Å²) < 4.78 is 68.6. The Labute approximate surface area is 248 Å². The Kier molecular flexibility index (Phi) is 7.56. The van der Waals surface area contributed by atoms with E-state index in [2.05, 4.69) is 16.7 Å². The molecule has 0 spiro atoms. The van der Waals surface area contributed by atoms with Gasteiger partial charge in [0.2, 0.25) is 5.88 Å². The number of alkyl halides is 2. The Morgan fingerprint density at radius 3 is 2.53 bits per heavy atom. The smallest absolute Gasteiger partial charge is 0.268 e. The number of benzene rings is 1. The number of rotatable bonds is 10. The van der Waals surface area contributed by atoms with Crippen LogP contribution < -0.4 is 19.1 Å². The van der Waals surface area contributed by atoms with Gasteiger partial charge in [-0.15, -0.1) is 5.10 Å². The van der Waals surface area contributed by atoms with E-state index in [1.165, 1.54) is 30.0 Å². The standard InChI is InChI=1S/C29H35F2N5O6S/c1-18-15-27(2,3)35(16-18)25-20(26(38)34-43(39,40)22-8-6-19(37)14-21(22)41-5)7-9-23(32-25)36-13-10-24(33-36)42-17-29(11-12-29)28(4,30)31/h6-10,13-14,18,37H,11-12,15-17H2,1-5H3,(H,34,38)/t18-/m0/s1. The van der Waals surface area contributed by atoms with Gasteiger partial charge in [0, 0.05) is 37.3 Å². The van der Waals surface area contributed by atoms with Crippen LogP contribution in [0.15, 0.2) is 47.5 Å². The van der Waals surface area contributed by atoms with E-state index >= 15 is 0 Å². The van der Waals surface area contributed by atoms with Crippen molar-refractivity contribution >= 4 is 21.7 Å². The molecule has 43 heavy (non-hydrogen) atoms. The van der Waals surface area contributed by atoms with Crippen LogP contribution in [-0.4, -0.2) is 65.9 Å². The van der Waals surface area contributed by atoms with Crippen LogP contribution in [0.5, 0.6) is 17.4 Å². The van der Waals surface area contributed by atoms with Crippen molar-refractivity contribution in [2.75, 3.05) is 25.2 Å². The molecule has 0 radical (unpaired) electrons. The second-order valence-corrected chi connectivity index (χ2v) is 13.7. The third kappa shape index (κ3) is 5.97. The second-order valence-electron chi connectivity index (χ2n) is 12.1. The lowest BCUT2D eigenvalue weighted by molar-refractivity contribution is -0.0712. The van der Waals surface area contributed by atoms with Gasteiger partial charge in [0.1, 0.15) is 28.8 Å². The number of phenolic OH excluding ortho intramolecular Hbond substituents is 1. The maximum absolute atomic E-state index is 14.0. The van der Waals surface area contributed by atoms with Gasteiger partial charge in [-0.05, 0) is 63.3 Å². The number of methoxy groups -OCH3 is 1. The Hall–Kier alpha value is -3.94. The largest absolute Gasteiger partial charge is 0.508 e. The minimum absolute atomic E-state index is 0.0247. The lowest BCUT2D eigenvalue weighted by atomic mass is 9.97. The molecule has 232 valence electrons. The predicted molar refractivity (Wildman–Crippen MR) is 154 cm³/mol. The molecule has 1 amide bonds. The van der Waals surface area contributed by atoms with Crippen LogP contribution >= 0.6 is 0 Å². The van der Waals surface area contributed by atoms with Crippen molar-refractivity contribution in [2.24, 2.45) is 11.3 Å². The van der Waals surface area contributed by atoms with E-state index in [0.717, 1.165) is 25.5 Å². The number of anilines is 1. The first-order valence-corrected chi connectivity index (χ1v) is 15.3. The van der Waals surface area contributed by atoms with Crippen molar-refractivity contribution in [1.82, 2.24) is 19.5 Å². The number of aromatic hydroxyl groups is 1. The third-order valence-electron chi connectivity index (χ3n) is 8.18. The fourth-order valence-corrected chi connectivity index (χ4v) is 6.72. The molecular formula is C29H35F2N5O6S. The lowest BCUT2D eigenvalue weighted by Crippen LogP contribution is -2.41. The maximum Gasteiger partial charge on any atom is 0.268 e. The number of phenols is 1. The van der Waals surface area contributed by atoms with Crippen LogP contribution in [0, 0.1) is 11.3 Å². The molecule has 1 saturated carbocycles. The molecule has 1 aliphatic carbocycles. The molecule has 3 aromatic rings. The van der Waals surface area contributed by atoms with Crippen LogP contribution in [0.1, 0.15) is 57.3 Å². The van der Waals surface area contributed by atoms with Gasteiger partial charge < -0.3 is 19.5 Å². The summed E-state index contributed by atoms with van der Waals surface area (Å²) in [5.41, 5.74) is -1.56. The summed E-state index contributed by atoms with van der Waals surface area (Å²) in [7, 11) is -3.15. The molecule has 1 saturated heterocycles. The average Bonchev–Trinajstić information content (AvgIpc) is 3.49. The highest BCUT2D eigenvalue weighted by atomic mass is 32.2. The lowest BCUT2D eigenvalue weighted by Gasteiger charge is -2.34. The second kappa shape index (κ2) is 10.6. The van der Waals surface area contributed by atoms with E-state index in [-0.39, 0.29) is 46.2 Å². The van der Waals surface area contributed by atoms with E-state index < -0.39 is 32.8 Å². The molecule has 14 heteroatoms. The number of hydrogen-bond donors (Lipinski definition) is 2. The monoisotopic (exact) mass is 619 g/mol. The number of nitrogens with zero attached hydrogens (tertiary/aromatic N) is 4. The number of hydrogen-bond acceptors (Lipinski definition) is 9. The fraction of sp³-hybridized carbons (Fsp3) is 0.483. The Bertz CT molecular complexity index is 1650. The van der Waals surface area contributed by atoms with Crippen LogP contribution in [0.3, 0.4) is 0 Å². The molecule has 2 aromatic heterocycles. The van der Waals surface area contributed by atoms with Gasteiger partial charge in [0.25, 0.3) is 21.9 Å². The molecule has 0 unspecified atom stereocenters. The summed E-state index contributed by atoms with van der Waals surface area (Å²) in [5.74, 6) is -3.07. The number of carbonyl (C=O) groups is 1. The van der Waals surface area contributed by atoms with Crippen LogP contribution in [0.2, 0.25) is 0 Å². The average molecular weight is 620 g/mol. The first-order chi connectivity index (χ1) is 20.0. The Morgan fingerprint density at radius 2 is 1.93 bits per heavy atom. The number of aromatic nitrogens is 3. The van der Waals surface area contributed by atoms with E-state index in [1.54, 1.807) is 12.3 Å². The third-order valence-corrected chi connectivity index (χ3v) is 9.55. The number of halogens is 2. The number of amides is 1. The summed E-state index contributed by atoms with van der Waals surface area (Å²) in [4.78, 5) is 19.9. The molecule has 2 fully saturated rings. The highest BCUT2D eigenvalue weighted by Crippen LogP contribution is 2.56. The minimum atomic E-state index is -4.40.